The molecule has 1 aliphatic heterocycles. The molecule has 10 N–H and O–H groups in total. The third-order valence-electron chi connectivity index (χ3n) is 4.81. The van der Waals surface area contributed by atoms with Crippen molar-refractivity contribution in [2.75, 3.05) is 13.1 Å². The monoisotopic (exact) mass is 457 g/mol. The van der Waals surface area contributed by atoms with Crippen LogP contribution in [-0.4, -0.2) is 88.0 Å². The van der Waals surface area contributed by atoms with Crippen molar-refractivity contribution in [3.63, 3.8) is 0 Å². The van der Waals surface area contributed by atoms with Gasteiger partial charge >= 0.3 is 11.9 Å². The molecule has 1 rings (SSSR count). The summed E-state index contributed by atoms with van der Waals surface area (Å²) in [5.41, 5.74) is 15.9. The van der Waals surface area contributed by atoms with Crippen molar-refractivity contribution < 1.29 is 34.2 Å². The van der Waals surface area contributed by atoms with E-state index in [1.165, 1.54) is 6.92 Å². The van der Waals surface area contributed by atoms with Crippen molar-refractivity contribution in [3.05, 3.63) is 0 Å². The van der Waals surface area contributed by atoms with Crippen molar-refractivity contribution in [2.24, 2.45) is 22.2 Å². The van der Waals surface area contributed by atoms with Gasteiger partial charge < -0.3 is 42.9 Å². The van der Waals surface area contributed by atoms with Crippen LogP contribution < -0.4 is 27.8 Å². The maximum Gasteiger partial charge on any atom is 0.326 e. The molecule has 180 valence electrons. The highest BCUT2D eigenvalue weighted by atomic mass is 16.4. The van der Waals surface area contributed by atoms with Gasteiger partial charge in [0.2, 0.25) is 17.7 Å². The molecule has 14 heteroatoms. The molecule has 0 aromatic rings. The Bertz CT molecular complexity index is 752. The molecule has 1 heterocycles. The first-order valence-corrected chi connectivity index (χ1v) is 10.1. The summed E-state index contributed by atoms with van der Waals surface area (Å²) in [7, 11) is 0. The maximum atomic E-state index is 12.9. The van der Waals surface area contributed by atoms with Crippen LogP contribution in [0.4, 0.5) is 0 Å². The smallest absolute Gasteiger partial charge is 0.326 e. The molecule has 0 aromatic carbocycles. The summed E-state index contributed by atoms with van der Waals surface area (Å²) in [6, 6.07) is -4.59. The Hall–Kier alpha value is -3.42. The van der Waals surface area contributed by atoms with E-state index in [-0.39, 0.29) is 31.9 Å². The molecule has 0 aliphatic carbocycles. The van der Waals surface area contributed by atoms with Crippen LogP contribution in [0.5, 0.6) is 0 Å². The molecule has 1 saturated heterocycles. The minimum atomic E-state index is -1.41. The van der Waals surface area contributed by atoms with Crippen molar-refractivity contribution in [2.45, 2.75) is 63.2 Å². The van der Waals surface area contributed by atoms with Crippen molar-refractivity contribution >= 4 is 35.6 Å². The van der Waals surface area contributed by atoms with E-state index in [0.29, 0.717) is 12.8 Å². The number of likely N-dealkylation sites (tertiary alicyclic amines) is 1. The van der Waals surface area contributed by atoms with Crippen molar-refractivity contribution in [1.29, 1.82) is 0 Å². The second kappa shape index (κ2) is 12.4. The first-order chi connectivity index (χ1) is 14.9. The number of aliphatic imine (C=N–C) groups is 1. The molecule has 0 bridgehead atoms. The van der Waals surface area contributed by atoms with Gasteiger partial charge in [-0.15, -0.1) is 0 Å². The van der Waals surface area contributed by atoms with Gasteiger partial charge in [-0.05, 0) is 32.6 Å². The van der Waals surface area contributed by atoms with E-state index in [0.717, 1.165) is 4.90 Å². The van der Waals surface area contributed by atoms with Crippen LogP contribution in [0.25, 0.3) is 0 Å². The first-order valence-electron chi connectivity index (χ1n) is 10.1. The average molecular weight is 457 g/mol. The lowest BCUT2D eigenvalue weighted by Crippen LogP contribution is -2.57. The fourth-order valence-corrected chi connectivity index (χ4v) is 3.21. The molecule has 0 saturated carbocycles. The number of hydrogen-bond donors (Lipinski definition) is 7. The van der Waals surface area contributed by atoms with Crippen LogP contribution >= 0.6 is 0 Å². The number of carboxylic acids is 2. The first kappa shape index (κ1) is 26.6. The van der Waals surface area contributed by atoms with Crippen molar-refractivity contribution in [3.8, 4) is 0 Å². The molecular weight excluding hydrogens is 426 g/mol. The zero-order valence-corrected chi connectivity index (χ0v) is 17.8. The minimum Gasteiger partial charge on any atom is -0.481 e. The summed E-state index contributed by atoms with van der Waals surface area (Å²) in [4.78, 5) is 65.1. The molecule has 0 aromatic heterocycles. The number of guanidine groups is 1. The summed E-state index contributed by atoms with van der Waals surface area (Å²) in [5.74, 6) is -4.85. The Morgan fingerprint density at radius 2 is 1.78 bits per heavy atom. The summed E-state index contributed by atoms with van der Waals surface area (Å²) >= 11 is 0. The molecule has 0 spiro atoms. The van der Waals surface area contributed by atoms with E-state index < -0.39 is 60.2 Å². The van der Waals surface area contributed by atoms with Crippen LogP contribution in [-0.2, 0) is 24.0 Å². The van der Waals surface area contributed by atoms with E-state index in [1.807, 2.05) is 0 Å². The number of carboxylic acid groups (broad SMARTS) is 2. The van der Waals surface area contributed by atoms with Gasteiger partial charge in [0.15, 0.2) is 5.96 Å². The number of amides is 3. The van der Waals surface area contributed by atoms with E-state index in [4.69, 9.17) is 22.3 Å². The van der Waals surface area contributed by atoms with Gasteiger partial charge in [0.1, 0.15) is 18.1 Å². The molecular formula is C18H31N7O7. The number of hydrogen-bond acceptors (Lipinski definition) is 7. The highest BCUT2D eigenvalue weighted by Gasteiger charge is 2.39. The fraction of sp³-hybridized carbons (Fsp3) is 0.667. The van der Waals surface area contributed by atoms with Crippen LogP contribution in [0.2, 0.25) is 0 Å². The highest BCUT2D eigenvalue weighted by molar-refractivity contribution is 5.96. The van der Waals surface area contributed by atoms with E-state index in [9.17, 15) is 29.1 Å². The summed E-state index contributed by atoms with van der Waals surface area (Å²) in [6.45, 7) is 1.72. The van der Waals surface area contributed by atoms with Crippen LogP contribution in [0.1, 0.15) is 39.0 Å². The number of rotatable bonds is 12. The van der Waals surface area contributed by atoms with Gasteiger partial charge in [-0.2, -0.15) is 0 Å². The SMILES string of the molecule is CC(N)C(=O)NC(CC(=O)O)C(=O)N1CCCC1C(=O)NC(CCCN=C(N)N)C(=O)O. The van der Waals surface area contributed by atoms with Gasteiger partial charge in [0.05, 0.1) is 12.5 Å². The van der Waals surface area contributed by atoms with Gasteiger partial charge in [-0.3, -0.25) is 24.2 Å². The Morgan fingerprint density at radius 3 is 2.31 bits per heavy atom. The molecule has 4 atom stereocenters. The number of nitrogens with zero attached hydrogens (tertiary/aromatic N) is 2. The van der Waals surface area contributed by atoms with Gasteiger partial charge in [0, 0.05) is 13.1 Å². The fourth-order valence-electron chi connectivity index (χ4n) is 3.21. The summed E-state index contributed by atoms with van der Waals surface area (Å²) < 4.78 is 0. The number of nitrogens with one attached hydrogen (secondary N) is 2. The lowest BCUT2D eigenvalue weighted by atomic mass is 10.1. The Balaban J connectivity index is 2.87. The number of aliphatic carboxylic acids is 2. The number of carbonyl (C=O) groups is 5. The second-order valence-corrected chi connectivity index (χ2v) is 7.49. The third kappa shape index (κ3) is 8.37. The Morgan fingerprint density at radius 1 is 1.12 bits per heavy atom. The molecule has 32 heavy (non-hydrogen) atoms. The highest BCUT2D eigenvalue weighted by Crippen LogP contribution is 2.20. The largest absolute Gasteiger partial charge is 0.481 e. The molecule has 14 nitrogen and oxygen atoms in total. The van der Waals surface area contributed by atoms with Gasteiger partial charge in [-0.1, -0.05) is 0 Å². The van der Waals surface area contributed by atoms with Crippen LogP contribution in [0.3, 0.4) is 0 Å². The van der Waals surface area contributed by atoms with Gasteiger partial charge in [-0.25, -0.2) is 4.79 Å². The minimum absolute atomic E-state index is 0.0601. The molecule has 1 aliphatic rings. The van der Waals surface area contributed by atoms with Crippen LogP contribution in [0.15, 0.2) is 4.99 Å². The molecule has 3 amide bonds. The van der Waals surface area contributed by atoms with E-state index >= 15 is 0 Å². The van der Waals surface area contributed by atoms with Crippen LogP contribution in [0, 0.1) is 0 Å². The average Bonchev–Trinajstić information content (AvgIpc) is 3.18. The zero-order chi connectivity index (χ0) is 24.4. The predicted octanol–water partition coefficient (Wildman–Crippen LogP) is -3.09. The summed E-state index contributed by atoms with van der Waals surface area (Å²) in [6.07, 6.45) is 0.383. The second-order valence-electron chi connectivity index (χ2n) is 7.49. The quantitative estimate of drug-likeness (QED) is 0.0884. The molecule has 4 unspecified atom stereocenters. The Labute approximate surface area is 184 Å². The zero-order valence-electron chi connectivity index (χ0n) is 17.8. The van der Waals surface area contributed by atoms with E-state index in [1.54, 1.807) is 0 Å². The predicted molar refractivity (Wildman–Crippen MR) is 112 cm³/mol. The van der Waals surface area contributed by atoms with E-state index in [2.05, 4.69) is 15.6 Å². The number of nitrogens with two attached hydrogens (primary N) is 3. The Kier molecular flexibility index (Phi) is 10.3. The molecule has 1 fully saturated rings. The standard InChI is InChI=1S/C18H31N7O7/c1-9(19)14(28)24-11(8-13(26)27)16(30)25-7-3-5-12(25)15(29)23-10(17(31)32)4-2-6-22-18(20)21/h9-12H,2-8,19H2,1H3,(H,23,29)(H,24,28)(H,26,27)(H,31,32)(H4,20,21,22). The lowest BCUT2D eigenvalue weighted by Gasteiger charge is -2.29. The lowest BCUT2D eigenvalue weighted by molar-refractivity contribution is -0.147. The number of carbonyl (C=O) groups excluding carboxylic acids is 3. The maximum absolute atomic E-state index is 12.9. The van der Waals surface area contributed by atoms with Crippen molar-refractivity contribution in [1.82, 2.24) is 15.5 Å². The normalized spacial score (nSPS) is 18.2. The third-order valence-corrected chi connectivity index (χ3v) is 4.81. The summed E-state index contributed by atoms with van der Waals surface area (Å²) in [5, 5.41) is 23.2. The topological polar surface area (TPSA) is 244 Å². The van der Waals surface area contributed by atoms with Gasteiger partial charge in [0.25, 0.3) is 0 Å². The molecule has 0 radical (unpaired) electrons.